The fourth-order valence-corrected chi connectivity index (χ4v) is 7.19. The Morgan fingerprint density at radius 3 is 2.05 bits per heavy atom. The lowest BCUT2D eigenvalue weighted by Gasteiger charge is -2.51. The van der Waals surface area contributed by atoms with E-state index in [9.17, 15) is 30.6 Å². The van der Waals surface area contributed by atoms with Crippen LogP contribution in [-0.2, 0) is 23.7 Å². The van der Waals surface area contributed by atoms with E-state index in [2.05, 4.69) is 10.6 Å². The van der Waals surface area contributed by atoms with Crippen molar-refractivity contribution in [3.05, 3.63) is 0 Å². The van der Waals surface area contributed by atoms with Crippen LogP contribution in [0.15, 0.2) is 0 Å². The molecule has 5 aliphatic rings. The Balaban J connectivity index is 1.22. The van der Waals surface area contributed by atoms with Gasteiger partial charge in [-0.2, -0.15) is 0 Å². The summed E-state index contributed by atoms with van der Waals surface area (Å²) >= 11 is 0. The molecule has 256 valence electrons. The minimum Gasteiger partial charge on any atom is -0.394 e. The summed E-state index contributed by atoms with van der Waals surface area (Å²) in [6.07, 6.45) is -10.1. The van der Waals surface area contributed by atoms with E-state index in [4.69, 9.17) is 46.6 Å². The van der Waals surface area contributed by atoms with Crippen LogP contribution in [0.25, 0.3) is 0 Å². The van der Waals surface area contributed by atoms with Crippen LogP contribution in [0.3, 0.4) is 0 Å². The predicted molar refractivity (Wildman–Crippen MR) is 152 cm³/mol. The number of ether oxygens (including phenoxy) is 5. The molecule has 0 radical (unpaired) electrons. The molecule has 0 aromatic carbocycles. The maximum atomic E-state index is 11.3. The van der Waals surface area contributed by atoms with Gasteiger partial charge >= 0.3 is 0 Å². The van der Waals surface area contributed by atoms with Crippen LogP contribution in [0.1, 0.15) is 38.5 Å². The first-order valence-electron chi connectivity index (χ1n) is 15.7. The first-order chi connectivity index (χ1) is 20.9. The maximum absolute atomic E-state index is 11.3. The number of fused-ring (bicyclic) bond motifs is 1. The Kier molecular flexibility index (Phi) is 11.5. The molecule has 5 fully saturated rings. The van der Waals surface area contributed by atoms with Gasteiger partial charge in [-0.25, -0.2) is 0 Å². The van der Waals surface area contributed by atoms with E-state index in [1.165, 1.54) is 0 Å². The fourth-order valence-electron chi connectivity index (χ4n) is 7.19. The topological polar surface area (TPSA) is 296 Å². The normalized spacial score (nSPS) is 53.7. The minimum atomic E-state index is -1.49. The second-order valence-corrected chi connectivity index (χ2v) is 13.0. The highest BCUT2D eigenvalue weighted by molar-refractivity contribution is 5.02. The van der Waals surface area contributed by atoms with Crippen molar-refractivity contribution < 1.29 is 54.3 Å². The van der Waals surface area contributed by atoms with Crippen molar-refractivity contribution in [3.63, 3.8) is 0 Å². The van der Waals surface area contributed by atoms with E-state index in [0.717, 1.165) is 25.7 Å². The molecule has 16 N–H and O–H groups in total. The van der Waals surface area contributed by atoms with Crippen molar-refractivity contribution in [2.45, 2.75) is 155 Å². The van der Waals surface area contributed by atoms with Crippen LogP contribution < -0.4 is 33.6 Å². The molecule has 2 aliphatic carbocycles. The predicted octanol–water partition coefficient (Wildman–Crippen LogP) is -6.05. The van der Waals surface area contributed by atoms with E-state index in [-0.39, 0.29) is 24.9 Å². The van der Waals surface area contributed by atoms with Gasteiger partial charge in [0.25, 0.3) is 0 Å². The standard InChI is InChI=1S/C27H52N6O11/c1-32-17-20(37)24-14(7-13(31)25(43-24)42-23-12(30)6-11(29)18(35)21(23)38)40-26(17)44-27-22(39)19(36)16(15(8-34)41-27)33-10-4-2-9(28)3-5-10/h9-27,32-39H,2-8,28-31H2,1H3/t9-,10+,11-,12?,13?,14+,15?,16-,17?,18?,19?,20?,21?,22?,23-,24?,25+,26?,27-/m1/s1. The number of nitrogens with one attached hydrogen (secondary N) is 2. The summed E-state index contributed by atoms with van der Waals surface area (Å²) in [5, 5.41) is 70.5. The van der Waals surface area contributed by atoms with Crippen molar-refractivity contribution in [3.8, 4) is 0 Å². The molecule has 2 saturated carbocycles. The van der Waals surface area contributed by atoms with Crippen molar-refractivity contribution in [1.29, 1.82) is 0 Å². The number of rotatable bonds is 8. The molecule has 0 aromatic rings. The third kappa shape index (κ3) is 7.09. The number of aliphatic hydroxyl groups excluding tert-OH is 6. The van der Waals surface area contributed by atoms with Gasteiger partial charge in [-0.05, 0) is 45.6 Å². The largest absolute Gasteiger partial charge is 0.394 e. The summed E-state index contributed by atoms with van der Waals surface area (Å²) < 4.78 is 30.1. The highest BCUT2D eigenvalue weighted by Crippen LogP contribution is 2.36. The van der Waals surface area contributed by atoms with Crippen LogP contribution in [-0.4, -0.2) is 160 Å². The fraction of sp³-hybridized carbons (Fsp3) is 1.00. The molecule has 3 aliphatic heterocycles. The lowest BCUT2D eigenvalue weighted by molar-refractivity contribution is -0.374. The number of hydrogen-bond donors (Lipinski definition) is 12. The second kappa shape index (κ2) is 14.6. The van der Waals surface area contributed by atoms with Gasteiger partial charge in [0.2, 0.25) is 0 Å². The third-order valence-electron chi connectivity index (χ3n) is 9.89. The Bertz CT molecular complexity index is 920. The Morgan fingerprint density at radius 2 is 1.39 bits per heavy atom. The number of nitrogens with two attached hydrogens (primary N) is 4. The van der Waals surface area contributed by atoms with Crippen LogP contribution >= 0.6 is 0 Å². The third-order valence-corrected chi connectivity index (χ3v) is 9.89. The lowest BCUT2D eigenvalue weighted by Crippen LogP contribution is -2.70. The van der Waals surface area contributed by atoms with E-state index in [1.54, 1.807) is 7.05 Å². The summed E-state index contributed by atoms with van der Waals surface area (Å²) in [5.74, 6) is 0. The zero-order valence-corrected chi connectivity index (χ0v) is 25.0. The molecule has 17 nitrogen and oxygen atoms in total. The molecule has 17 heteroatoms. The summed E-state index contributed by atoms with van der Waals surface area (Å²) in [7, 11) is 1.58. The summed E-state index contributed by atoms with van der Waals surface area (Å²) in [5.41, 5.74) is 24.4. The van der Waals surface area contributed by atoms with Crippen molar-refractivity contribution in [1.82, 2.24) is 10.6 Å². The van der Waals surface area contributed by atoms with Gasteiger partial charge in [-0.15, -0.1) is 0 Å². The highest BCUT2D eigenvalue weighted by Gasteiger charge is 2.54. The average Bonchev–Trinajstić information content (AvgIpc) is 2.99. The molecule has 0 bridgehead atoms. The van der Waals surface area contributed by atoms with Gasteiger partial charge in [0, 0.05) is 24.2 Å². The molecular weight excluding hydrogens is 584 g/mol. The Morgan fingerprint density at radius 1 is 0.682 bits per heavy atom. The van der Waals surface area contributed by atoms with E-state index < -0.39 is 111 Å². The molecule has 0 spiro atoms. The van der Waals surface area contributed by atoms with Crippen molar-refractivity contribution in [2.75, 3.05) is 13.7 Å². The first-order valence-corrected chi connectivity index (χ1v) is 15.7. The van der Waals surface area contributed by atoms with Crippen LogP contribution in [0.4, 0.5) is 0 Å². The van der Waals surface area contributed by atoms with Gasteiger partial charge in [0.15, 0.2) is 18.9 Å². The van der Waals surface area contributed by atoms with Crippen molar-refractivity contribution >= 4 is 0 Å². The number of hydrogen-bond acceptors (Lipinski definition) is 17. The van der Waals surface area contributed by atoms with Crippen molar-refractivity contribution in [2.24, 2.45) is 22.9 Å². The van der Waals surface area contributed by atoms with Gasteiger partial charge < -0.3 is 87.9 Å². The van der Waals surface area contributed by atoms with Crippen LogP contribution in [0.2, 0.25) is 0 Å². The number of likely N-dealkylation sites (N-methyl/N-ethyl adjacent to an activating group) is 1. The molecule has 11 unspecified atom stereocenters. The molecule has 17 atom stereocenters. The van der Waals surface area contributed by atoms with Gasteiger partial charge in [0.1, 0.15) is 42.7 Å². The maximum Gasteiger partial charge on any atom is 0.189 e. The molecule has 44 heavy (non-hydrogen) atoms. The van der Waals surface area contributed by atoms with E-state index >= 15 is 0 Å². The zero-order chi connectivity index (χ0) is 31.9. The van der Waals surface area contributed by atoms with Crippen LogP contribution in [0, 0.1) is 0 Å². The molecule has 3 saturated heterocycles. The van der Waals surface area contributed by atoms with Crippen LogP contribution in [0.5, 0.6) is 0 Å². The van der Waals surface area contributed by atoms with E-state index in [1.807, 2.05) is 0 Å². The minimum absolute atomic E-state index is 0.0577. The monoisotopic (exact) mass is 636 g/mol. The second-order valence-electron chi connectivity index (χ2n) is 13.0. The molecule has 5 rings (SSSR count). The zero-order valence-electron chi connectivity index (χ0n) is 25.0. The van der Waals surface area contributed by atoms with Gasteiger partial charge in [0.05, 0.1) is 36.9 Å². The van der Waals surface area contributed by atoms with Gasteiger partial charge in [-0.3, -0.25) is 0 Å². The molecule has 0 amide bonds. The average molecular weight is 637 g/mol. The number of aliphatic hydroxyl groups is 6. The Labute approximate surface area is 256 Å². The smallest absolute Gasteiger partial charge is 0.189 e. The summed E-state index contributed by atoms with van der Waals surface area (Å²) in [6, 6.07) is -3.57. The SMILES string of the molecule is CNC1C(O[C@H]2OC(CO)[C@@H](N[C@H]3CC[C@@H](N)CC3)C(O)C2O)O[C@H]2CC(N)[C@@H](O[C@@H]3C(N)C[C@@H](N)C(O)C3O)OC2C1O. The quantitative estimate of drug-likeness (QED) is 0.118. The molecule has 3 heterocycles. The highest BCUT2D eigenvalue weighted by atomic mass is 16.8. The van der Waals surface area contributed by atoms with E-state index in [0.29, 0.717) is 0 Å². The molecule has 0 aromatic heterocycles. The first kappa shape index (κ1) is 34.6. The lowest BCUT2D eigenvalue weighted by atomic mass is 9.84. The Hall–Kier alpha value is -0.680. The summed E-state index contributed by atoms with van der Waals surface area (Å²) in [6.45, 7) is -0.436. The molecular formula is C27H52N6O11. The summed E-state index contributed by atoms with van der Waals surface area (Å²) in [4.78, 5) is 0. The van der Waals surface area contributed by atoms with Gasteiger partial charge in [-0.1, -0.05) is 0 Å².